The number of nitrogens with zero attached hydrogens (tertiary/aromatic N) is 2. The molecule has 130 valence electrons. The number of ether oxygens (including phenoxy) is 1. The SMILES string of the molecule is O=C(CCOCC(F)(F)F)N1CCCC1c1nc2ccccc2[nH]1. The molecule has 2 aromatic rings. The summed E-state index contributed by atoms with van der Waals surface area (Å²) in [4.78, 5) is 21.7. The number of carbonyl (C=O) groups is 1. The lowest BCUT2D eigenvalue weighted by molar-refractivity contribution is -0.175. The van der Waals surface area contributed by atoms with Crippen LogP contribution in [0.3, 0.4) is 0 Å². The maximum atomic E-state index is 12.3. The quantitative estimate of drug-likeness (QED) is 0.850. The van der Waals surface area contributed by atoms with E-state index in [2.05, 4.69) is 14.7 Å². The van der Waals surface area contributed by atoms with E-state index in [1.54, 1.807) is 4.90 Å². The summed E-state index contributed by atoms with van der Waals surface area (Å²) in [6.07, 6.45) is -2.80. The number of amides is 1. The van der Waals surface area contributed by atoms with Crippen LogP contribution in [0.25, 0.3) is 11.0 Å². The van der Waals surface area contributed by atoms with E-state index in [4.69, 9.17) is 0 Å². The number of benzene rings is 1. The Morgan fingerprint density at radius 3 is 2.92 bits per heavy atom. The summed E-state index contributed by atoms with van der Waals surface area (Å²) in [7, 11) is 0. The molecule has 2 heterocycles. The van der Waals surface area contributed by atoms with Crippen LogP contribution in [0.1, 0.15) is 31.1 Å². The smallest absolute Gasteiger partial charge is 0.372 e. The molecule has 1 unspecified atom stereocenters. The number of aromatic nitrogens is 2. The third-order valence-corrected chi connectivity index (χ3v) is 4.02. The van der Waals surface area contributed by atoms with Crippen LogP contribution in [0.2, 0.25) is 0 Å². The van der Waals surface area contributed by atoms with Gasteiger partial charge in [0.25, 0.3) is 0 Å². The number of aromatic amines is 1. The van der Waals surface area contributed by atoms with E-state index in [0.717, 1.165) is 29.7 Å². The average molecular weight is 341 g/mol. The normalized spacial score (nSPS) is 18.5. The summed E-state index contributed by atoms with van der Waals surface area (Å²) in [6, 6.07) is 7.44. The second kappa shape index (κ2) is 6.80. The standard InChI is InChI=1S/C16H18F3N3O2/c17-16(18,19)10-24-9-7-14(23)22-8-3-6-13(22)15-20-11-4-1-2-5-12(11)21-15/h1-2,4-5,13H,3,6-10H2,(H,20,21). The van der Waals surface area contributed by atoms with E-state index in [9.17, 15) is 18.0 Å². The molecule has 24 heavy (non-hydrogen) atoms. The Morgan fingerprint density at radius 1 is 1.38 bits per heavy atom. The van der Waals surface area contributed by atoms with E-state index >= 15 is 0 Å². The third-order valence-electron chi connectivity index (χ3n) is 4.02. The van der Waals surface area contributed by atoms with Gasteiger partial charge in [0.1, 0.15) is 12.4 Å². The number of carbonyl (C=O) groups excluding carboxylic acids is 1. The zero-order valence-corrected chi connectivity index (χ0v) is 13.0. The number of hydrogen-bond acceptors (Lipinski definition) is 3. The van der Waals surface area contributed by atoms with Gasteiger partial charge in [0.2, 0.25) is 5.91 Å². The van der Waals surface area contributed by atoms with Gasteiger partial charge in [-0.25, -0.2) is 4.98 Å². The van der Waals surface area contributed by atoms with Crippen LogP contribution in [0.15, 0.2) is 24.3 Å². The number of likely N-dealkylation sites (tertiary alicyclic amines) is 1. The molecule has 0 saturated carbocycles. The highest BCUT2D eigenvalue weighted by atomic mass is 19.4. The van der Waals surface area contributed by atoms with Crippen LogP contribution in [-0.2, 0) is 9.53 Å². The fraction of sp³-hybridized carbons (Fsp3) is 0.500. The topological polar surface area (TPSA) is 58.2 Å². The minimum atomic E-state index is -4.37. The Bertz CT molecular complexity index is 681. The van der Waals surface area contributed by atoms with Crippen molar-refractivity contribution in [2.45, 2.75) is 31.5 Å². The molecular formula is C16H18F3N3O2. The Kier molecular flexibility index (Phi) is 4.75. The summed E-state index contributed by atoms with van der Waals surface area (Å²) < 4.78 is 40.6. The van der Waals surface area contributed by atoms with Gasteiger partial charge in [-0.2, -0.15) is 13.2 Å². The molecule has 0 radical (unpaired) electrons. The predicted octanol–water partition coefficient (Wildman–Crippen LogP) is 3.20. The number of nitrogens with one attached hydrogen (secondary N) is 1. The molecule has 1 aromatic carbocycles. The summed E-state index contributed by atoms with van der Waals surface area (Å²) in [6.45, 7) is -0.977. The first kappa shape index (κ1) is 16.8. The molecule has 1 N–H and O–H groups in total. The molecule has 0 spiro atoms. The summed E-state index contributed by atoms with van der Waals surface area (Å²) in [5, 5.41) is 0. The average Bonchev–Trinajstić information content (AvgIpc) is 3.16. The Balaban J connectivity index is 1.61. The Morgan fingerprint density at radius 2 is 2.17 bits per heavy atom. The zero-order chi connectivity index (χ0) is 17.2. The number of hydrogen-bond donors (Lipinski definition) is 1. The largest absolute Gasteiger partial charge is 0.411 e. The first-order valence-electron chi connectivity index (χ1n) is 7.83. The van der Waals surface area contributed by atoms with Crippen molar-refractivity contribution in [3.63, 3.8) is 0 Å². The van der Waals surface area contributed by atoms with E-state index in [1.165, 1.54) is 0 Å². The van der Waals surface area contributed by atoms with E-state index in [0.29, 0.717) is 6.54 Å². The summed E-state index contributed by atoms with van der Waals surface area (Å²) >= 11 is 0. The van der Waals surface area contributed by atoms with Gasteiger partial charge in [-0.05, 0) is 25.0 Å². The fourth-order valence-electron chi connectivity index (χ4n) is 2.97. The highest BCUT2D eigenvalue weighted by Crippen LogP contribution is 2.31. The van der Waals surface area contributed by atoms with Crippen LogP contribution in [0.4, 0.5) is 13.2 Å². The fourth-order valence-corrected chi connectivity index (χ4v) is 2.97. The number of imidazole rings is 1. The van der Waals surface area contributed by atoms with Crippen LogP contribution >= 0.6 is 0 Å². The predicted molar refractivity (Wildman–Crippen MR) is 81.3 cm³/mol. The van der Waals surface area contributed by atoms with Crippen molar-refractivity contribution in [1.82, 2.24) is 14.9 Å². The van der Waals surface area contributed by atoms with Crippen LogP contribution < -0.4 is 0 Å². The number of H-pyrrole nitrogens is 1. The van der Waals surface area contributed by atoms with Crippen molar-refractivity contribution in [3.8, 4) is 0 Å². The maximum Gasteiger partial charge on any atom is 0.411 e. The molecule has 0 aliphatic carbocycles. The second-order valence-corrected chi connectivity index (χ2v) is 5.80. The molecule has 1 amide bonds. The van der Waals surface area contributed by atoms with E-state index in [-0.39, 0.29) is 25.0 Å². The van der Waals surface area contributed by atoms with Crippen molar-refractivity contribution in [2.24, 2.45) is 0 Å². The number of alkyl halides is 3. The van der Waals surface area contributed by atoms with E-state index in [1.807, 2.05) is 24.3 Å². The third kappa shape index (κ3) is 3.87. The number of para-hydroxylation sites is 2. The van der Waals surface area contributed by atoms with Crippen molar-refractivity contribution >= 4 is 16.9 Å². The van der Waals surface area contributed by atoms with Gasteiger partial charge in [0.05, 0.1) is 30.1 Å². The molecule has 1 aliphatic rings. The Labute approximate surface area is 136 Å². The van der Waals surface area contributed by atoms with Crippen LogP contribution in [-0.4, -0.2) is 46.7 Å². The summed E-state index contributed by atoms with van der Waals surface area (Å²) in [5.74, 6) is 0.512. The zero-order valence-electron chi connectivity index (χ0n) is 13.0. The molecule has 1 fully saturated rings. The molecule has 1 aromatic heterocycles. The minimum absolute atomic E-state index is 0.0627. The molecule has 3 rings (SSSR count). The minimum Gasteiger partial charge on any atom is -0.372 e. The van der Waals surface area contributed by atoms with Gasteiger partial charge < -0.3 is 14.6 Å². The van der Waals surface area contributed by atoms with Crippen molar-refractivity contribution < 1.29 is 22.7 Å². The van der Waals surface area contributed by atoms with Crippen molar-refractivity contribution in [2.75, 3.05) is 19.8 Å². The molecule has 1 atom stereocenters. The number of fused-ring (bicyclic) bond motifs is 1. The first-order valence-corrected chi connectivity index (χ1v) is 7.83. The molecule has 0 bridgehead atoms. The lowest BCUT2D eigenvalue weighted by Gasteiger charge is -2.23. The summed E-state index contributed by atoms with van der Waals surface area (Å²) in [5.41, 5.74) is 1.74. The molecule has 1 saturated heterocycles. The van der Waals surface area contributed by atoms with Gasteiger partial charge in [-0.1, -0.05) is 12.1 Å². The second-order valence-electron chi connectivity index (χ2n) is 5.80. The van der Waals surface area contributed by atoms with E-state index < -0.39 is 12.8 Å². The number of rotatable bonds is 5. The van der Waals surface area contributed by atoms with Gasteiger partial charge in [0.15, 0.2) is 0 Å². The monoisotopic (exact) mass is 341 g/mol. The van der Waals surface area contributed by atoms with Crippen molar-refractivity contribution in [1.29, 1.82) is 0 Å². The molecular weight excluding hydrogens is 323 g/mol. The van der Waals surface area contributed by atoms with Crippen molar-refractivity contribution in [3.05, 3.63) is 30.1 Å². The molecule has 5 nitrogen and oxygen atoms in total. The van der Waals surface area contributed by atoms with Crippen LogP contribution in [0.5, 0.6) is 0 Å². The molecule has 8 heteroatoms. The van der Waals surface area contributed by atoms with Gasteiger partial charge in [-0.3, -0.25) is 4.79 Å². The van der Waals surface area contributed by atoms with Crippen LogP contribution in [0, 0.1) is 0 Å². The highest BCUT2D eigenvalue weighted by Gasteiger charge is 2.32. The maximum absolute atomic E-state index is 12.3. The first-order chi connectivity index (χ1) is 11.4. The number of halogens is 3. The van der Waals surface area contributed by atoms with Gasteiger partial charge in [-0.15, -0.1) is 0 Å². The van der Waals surface area contributed by atoms with Gasteiger partial charge in [0, 0.05) is 6.54 Å². The Hall–Kier alpha value is -2.09. The lowest BCUT2D eigenvalue weighted by Crippen LogP contribution is -2.32. The highest BCUT2D eigenvalue weighted by molar-refractivity contribution is 5.78. The lowest BCUT2D eigenvalue weighted by atomic mass is 10.2. The molecule has 1 aliphatic heterocycles. The van der Waals surface area contributed by atoms with Gasteiger partial charge >= 0.3 is 6.18 Å².